The van der Waals surface area contributed by atoms with E-state index in [0.29, 0.717) is 0 Å². The van der Waals surface area contributed by atoms with E-state index in [1.54, 1.807) is 24.1 Å². The second-order valence-corrected chi connectivity index (χ2v) is 6.03. The van der Waals surface area contributed by atoms with Gasteiger partial charge in [-0.3, -0.25) is 0 Å². The fourth-order valence-electron chi connectivity index (χ4n) is 2.43. The van der Waals surface area contributed by atoms with Crippen LogP contribution in [0.3, 0.4) is 0 Å². The average Bonchev–Trinajstić information content (AvgIpc) is 2.68. The summed E-state index contributed by atoms with van der Waals surface area (Å²) in [5, 5.41) is 9.59. The van der Waals surface area contributed by atoms with Crippen LogP contribution in [0.4, 0.5) is 4.79 Å². The van der Waals surface area contributed by atoms with Gasteiger partial charge in [0.15, 0.2) is 0 Å². The zero-order chi connectivity index (χ0) is 14.2. The molecule has 1 N–H and O–H groups in total. The number of fused-ring (bicyclic) bond motifs is 1. The molecule has 0 aliphatic heterocycles. The van der Waals surface area contributed by atoms with Crippen molar-refractivity contribution in [3.63, 3.8) is 0 Å². The predicted molar refractivity (Wildman–Crippen MR) is 73.2 cm³/mol. The van der Waals surface area contributed by atoms with Crippen LogP contribution in [-0.4, -0.2) is 28.7 Å². The van der Waals surface area contributed by atoms with Crippen molar-refractivity contribution in [2.45, 2.75) is 45.3 Å². The van der Waals surface area contributed by atoms with Crippen molar-refractivity contribution in [2.75, 3.05) is 7.05 Å². The van der Waals surface area contributed by atoms with Gasteiger partial charge in [-0.2, -0.15) is 0 Å². The molecular formula is C15H21NO3. The molecule has 0 saturated carbocycles. The van der Waals surface area contributed by atoms with Gasteiger partial charge < -0.3 is 14.7 Å². The van der Waals surface area contributed by atoms with Crippen LogP contribution in [-0.2, 0) is 11.2 Å². The number of hydrogen-bond acceptors (Lipinski definition) is 3. The Morgan fingerprint density at radius 3 is 2.74 bits per heavy atom. The third-order valence-electron chi connectivity index (χ3n) is 3.32. The van der Waals surface area contributed by atoms with Gasteiger partial charge in [-0.25, -0.2) is 4.79 Å². The van der Waals surface area contributed by atoms with E-state index in [1.165, 1.54) is 5.56 Å². The fraction of sp³-hybridized carbons (Fsp3) is 0.533. The number of phenolic OH excluding ortho intramolecular Hbond substituents is 1. The summed E-state index contributed by atoms with van der Waals surface area (Å²) in [5.74, 6) is 0.239. The molecule has 0 radical (unpaired) electrons. The molecule has 0 fully saturated rings. The average molecular weight is 263 g/mol. The number of aromatic hydroxyl groups is 1. The number of nitrogens with zero attached hydrogens (tertiary/aromatic N) is 1. The Morgan fingerprint density at radius 1 is 1.42 bits per heavy atom. The highest BCUT2D eigenvalue weighted by molar-refractivity contribution is 5.69. The highest BCUT2D eigenvalue weighted by Crippen LogP contribution is 2.37. The zero-order valence-corrected chi connectivity index (χ0v) is 11.9. The molecule has 104 valence electrons. The monoisotopic (exact) mass is 263 g/mol. The molecule has 1 aliphatic rings. The van der Waals surface area contributed by atoms with Crippen LogP contribution in [0.5, 0.6) is 5.75 Å². The van der Waals surface area contributed by atoms with Crippen LogP contribution >= 0.6 is 0 Å². The lowest BCUT2D eigenvalue weighted by molar-refractivity contribution is 0.0220. The Kier molecular flexibility index (Phi) is 3.43. The summed E-state index contributed by atoms with van der Waals surface area (Å²) in [5.41, 5.74) is 1.72. The van der Waals surface area contributed by atoms with E-state index in [1.807, 2.05) is 26.8 Å². The van der Waals surface area contributed by atoms with Gasteiger partial charge in [-0.05, 0) is 56.9 Å². The van der Waals surface area contributed by atoms with Crippen LogP contribution in [0.1, 0.15) is 44.4 Å². The second-order valence-electron chi connectivity index (χ2n) is 6.03. The normalized spacial score (nSPS) is 18.0. The topological polar surface area (TPSA) is 49.8 Å². The van der Waals surface area contributed by atoms with Crippen molar-refractivity contribution in [1.29, 1.82) is 0 Å². The molecule has 2 rings (SSSR count). The highest BCUT2D eigenvalue weighted by atomic mass is 16.6. The Morgan fingerprint density at radius 2 is 2.11 bits per heavy atom. The molecule has 1 aliphatic carbocycles. The third kappa shape index (κ3) is 3.00. The summed E-state index contributed by atoms with van der Waals surface area (Å²) in [6.07, 6.45) is 1.47. The van der Waals surface area contributed by atoms with Crippen LogP contribution in [0.15, 0.2) is 18.2 Å². The van der Waals surface area contributed by atoms with E-state index in [2.05, 4.69) is 0 Å². The summed E-state index contributed by atoms with van der Waals surface area (Å²) in [6, 6.07) is 5.34. The lowest BCUT2D eigenvalue weighted by Crippen LogP contribution is -2.36. The molecule has 0 aromatic heterocycles. The van der Waals surface area contributed by atoms with E-state index in [9.17, 15) is 9.90 Å². The fourth-order valence-corrected chi connectivity index (χ4v) is 2.43. The van der Waals surface area contributed by atoms with Gasteiger partial charge in [-0.15, -0.1) is 0 Å². The van der Waals surface area contributed by atoms with Gasteiger partial charge in [0.25, 0.3) is 0 Å². The van der Waals surface area contributed by atoms with Crippen LogP contribution in [0.2, 0.25) is 0 Å². The smallest absolute Gasteiger partial charge is 0.410 e. The number of phenols is 1. The van der Waals surface area contributed by atoms with Crippen molar-refractivity contribution in [2.24, 2.45) is 0 Å². The molecule has 1 unspecified atom stereocenters. The van der Waals surface area contributed by atoms with E-state index in [0.717, 1.165) is 18.4 Å². The number of hydrogen-bond donors (Lipinski definition) is 1. The Labute approximate surface area is 114 Å². The number of amides is 1. The summed E-state index contributed by atoms with van der Waals surface area (Å²) >= 11 is 0. The maximum atomic E-state index is 12.1. The van der Waals surface area contributed by atoms with Crippen molar-refractivity contribution in [3.05, 3.63) is 29.3 Å². The van der Waals surface area contributed by atoms with Gasteiger partial charge in [0.2, 0.25) is 0 Å². The predicted octanol–water partition coefficient (Wildman–Crippen LogP) is 3.25. The number of benzene rings is 1. The minimum atomic E-state index is -0.494. The molecule has 1 aromatic carbocycles. The molecule has 1 atom stereocenters. The number of carbonyl (C=O) groups is 1. The van der Waals surface area contributed by atoms with E-state index in [-0.39, 0.29) is 17.9 Å². The first-order valence-electron chi connectivity index (χ1n) is 6.55. The molecule has 4 heteroatoms. The summed E-state index contributed by atoms with van der Waals surface area (Å²) in [4.78, 5) is 13.7. The van der Waals surface area contributed by atoms with Crippen molar-refractivity contribution >= 4 is 6.09 Å². The van der Waals surface area contributed by atoms with Gasteiger partial charge in [-0.1, -0.05) is 6.07 Å². The Bertz CT molecular complexity index is 491. The first kappa shape index (κ1) is 13.7. The number of rotatable bonds is 1. The SMILES string of the molecule is CN(C(=O)OC(C)(C)C)C1CCc2ccc(O)cc21. The maximum absolute atomic E-state index is 12.1. The first-order chi connectivity index (χ1) is 8.78. The molecule has 1 amide bonds. The third-order valence-corrected chi connectivity index (χ3v) is 3.32. The molecular weight excluding hydrogens is 242 g/mol. The molecule has 0 spiro atoms. The number of ether oxygens (including phenoxy) is 1. The van der Waals surface area contributed by atoms with Crippen LogP contribution in [0.25, 0.3) is 0 Å². The van der Waals surface area contributed by atoms with E-state index < -0.39 is 5.60 Å². The molecule has 19 heavy (non-hydrogen) atoms. The Hall–Kier alpha value is -1.71. The minimum Gasteiger partial charge on any atom is -0.508 e. The molecule has 0 heterocycles. The Balaban J connectivity index is 2.17. The maximum Gasteiger partial charge on any atom is 0.410 e. The van der Waals surface area contributed by atoms with Crippen molar-refractivity contribution in [1.82, 2.24) is 4.90 Å². The van der Waals surface area contributed by atoms with Gasteiger partial charge >= 0.3 is 6.09 Å². The molecule has 0 saturated heterocycles. The first-order valence-corrected chi connectivity index (χ1v) is 6.55. The number of carbonyl (C=O) groups excluding carboxylic acids is 1. The van der Waals surface area contributed by atoms with Crippen molar-refractivity contribution in [3.8, 4) is 5.75 Å². The number of aryl methyl sites for hydroxylation is 1. The van der Waals surface area contributed by atoms with Crippen LogP contribution in [0, 0.1) is 0 Å². The van der Waals surface area contributed by atoms with E-state index >= 15 is 0 Å². The largest absolute Gasteiger partial charge is 0.508 e. The lowest BCUT2D eigenvalue weighted by atomic mass is 10.1. The lowest BCUT2D eigenvalue weighted by Gasteiger charge is -2.29. The molecule has 4 nitrogen and oxygen atoms in total. The van der Waals surface area contributed by atoms with Gasteiger partial charge in [0.05, 0.1) is 6.04 Å². The van der Waals surface area contributed by atoms with Gasteiger partial charge in [0, 0.05) is 7.05 Å². The summed E-state index contributed by atoms with van der Waals surface area (Å²) in [7, 11) is 1.75. The van der Waals surface area contributed by atoms with Crippen LogP contribution < -0.4 is 0 Å². The van der Waals surface area contributed by atoms with Crippen molar-refractivity contribution < 1.29 is 14.6 Å². The standard InChI is InChI=1S/C15H21NO3/c1-15(2,3)19-14(18)16(4)13-8-6-10-5-7-11(17)9-12(10)13/h5,7,9,13,17H,6,8H2,1-4H3. The summed E-state index contributed by atoms with van der Waals surface area (Å²) < 4.78 is 5.38. The quantitative estimate of drug-likeness (QED) is 0.846. The molecule has 1 aromatic rings. The van der Waals surface area contributed by atoms with Gasteiger partial charge in [0.1, 0.15) is 11.4 Å². The second kappa shape index (κ2) is 4.76. The van der Waals surface area contributed by atoms with E-state index in [4.69, 9.17) is 4.74 Å². The zero-order valence-electron chi connectivity index (χ0n) is 11.9. The highest BCUT2D eigenvalue weighted by Gasteiger charge is 2.31. The molecule has 0 bridgehead atoms. The minimum absolute atomic E-state index is 0.0167. The summed E-state index contributed by atoms with van der Waals surface area (Å²) in [6.45, 7) is 5.56.